The first-order chi connectivity index (χ1) is 13.6. The largest absolute Gasteiger partial charge is 0.306 e. The highest BCUT2D eigenvalue weighted by Gasteiger charge is 2.25. The summed E-state index contributed by atoms with van der Waals surface area (Å²) in [5.41, 5.74) is 3.60. The van der Waals surface area contributed by atoms with Crippen LogP contribution in [0.3, 0.4) is 0 Å². The molecular formula is C21H23ClN6. The van der Waals surface area contributed by atoms with Crippen molar-refractivity contribution in [2.45, 2.75) is 32.4 Å². The summed E-state index contributed by atoms with van der Waals surface area (Å²) in [6, 6.07) is 12.1. The van der Waals surface area contributed by atoms with Crippen LogP contribution in [0.1, 0.15) is 36.3 Å². The van der Waals surface area contributed by atoms with Gasteiger partial charge >= 0.3 is 0 Å². The van der Waals surface area contributed by atoms with Gasteiger partial charge in [-0.1, -0.05) is 24.6 Å². The molecule has 0 N–H and O–H groups in total. The lowest BCUT2D eigenvalue weighted by Crippen LogP contribution is -2.30. The van der Waals surface area contributed by atoms with Crippen LogP contribution in [-0.2, 0) is 13.0 Å². The molecule has 3 aromatic rings. The number of aliphatic imine (C=N–C) groups is 1. The summed E-state index contributed by atoms with van der Waals surface area (Å²) in [6.07, 6.45) is 3.64. The van der Waals surface area contributed by atoms with Gasteiger partial charge in [0.1, 0.15) is 12.4 Å². The lowest BCUT2D eigenvalue weighted by atomic mass is 10.0. The zero-order valence-electron chi connectivity index (χ0n) is 16.3. The van der Waals surface area contributed by atoms with E-state index in [0.29, 0.717) is 17.6 Å². The molecule has 1 aliphatic rings. The quantitative estimate of drug-likeness (QED) is 0.664. The SMILES string of the molecule is CCC(Cc1nnc2n1-c1ccc(Cl)cc1C(c1ccccn1)=NC2)N(C)C. The Kier molecular flexibility index (Phi) is 5.24. The van der Waals surface area contributed by atoms with E-state index >= 15 is 0 Å². The van der Waals surface area contributed by atoms with Crippen LogP contribution in [0.25, 0.3) is 5.69 Å². The number of pyridine rings is 1. The normalized spacial score (nSPS) is 14.2. The number of fused-ring (bicyclic) bond motifs is 3. The van der Waals surface area contributed by atoms with Gasteiger partial charge in [0.2, 0.25) is 0 Å². The van der Waals surface area contributed by atoms with Gasteiger partial charge < -0.3 is 4.90 Å². The number of benzene rings is 1. The summed E-state index contributed by atoms with van der Waals surface area (Å²) < 4.78 is 2.14. The molecule has 1 aromatic carbocycles. The number of hydrogen-bond acceptors (Lipinski definition) is 5. The molecule has 0 radical (unpaired) electrons. The Balaban J connectivity index is 1.85. The molecule has 3 heterocycles. The highest BCUT2D eigenvalue weighted by atomic mass is 35.5. The van der Waals surface area contributed by atoms with Gasteiger partial charge in [-0.3, -0.25) is 14.5 Å². The van der Waals surface area contributed by atoms with Crippen molar-refractivity contribution in [2.24, 2.45) is 4.99 Å². The van der Waals surface area contributed by atoms with Gasteiger partial charge in [0, 0.05) is 29.2 Å². The van der Waals surface area contributed by atoms with Gasteiger partial charge in [-0.2, -0.15) is 0 Å². The average Bonchev–Trinajstić information content (AvgIpc) is 3.02. The van der Waals surface area contributed by atoms with Crippen molar-refractivity contribution < 1.29 is 0 Å². The van der Waals surface area contributed by atoms with Crippen molar-refractivity contribution in [1.29, 1.82) is 0 Å². The fourth-order valence-electron chi connectivity index (χ4n) is 3.62. The molecule has 6 nitrogen and oxygen atoms in total. The first-order valence-corrected chi connectivity index (χ1v) is 9.82. The van der Waals surface area contributed by atoms with Crippen molar-refractivity contribution in [3.05, 3.63) is 70.5 Å². The topological polar surface area (TPSA) is 59.2 Å². The van der Waals surface area contributed by atoms with Gasteiger partial charge in [0.25, 0.3) is 0 Å². The Morgan fingerprint density at radius 2 is 2.04 bits per heavy atom. The van der Waals surface area contributed by atoms with E-state index in [-0.39, 0.29) is 0 Å². The van der Waals surface area contributed by atoms with Crippen LogP contribution in [0, 0.1) is 0 Å². The van der Waals surface area contributed by atoms with E-state index in [9.17, 15) is 0 Å². The molecule has 1 unspecified atom stereocenters. The number of hydrogen-bond donors (Lipinski definition) is 0. The summed E-state index contributed by atoms with van der Waals surface area (Å²) in [5, 5.41) is 9.61. The summed E-state index contributed by atoms with van der Waals surface area (Å²) in [7, 11) is 4.20. The Morgan fingerprint density at radius 1 is 1.18 bits per heavy atom. The van der Waals surface area contributed by atoms with E-state index in [4.69, 9.17) is 16.6 Å². The molecule has 2 aromatic heterocycles. The molecule has 4 rings (SSSR count). The number of likely N-dealkylation sites (N-methyl/N-ethyl adjacent to an activating group) is 1. The number of rotatable bonds is 5. The minimum Gasteiger partial charge on any atom is -0.306 e. The van der Waals surface area contributed by atoms with Crippen LogP contribution in [-0.4, -0.2) is 50.5 Å². The number of halogens is 1. The van der Waals surface area contributed by atoms with Crippen LogP contribution in [0.4, 0.5) is 0 Å². The van der Waals surface area contributed by atoms with Gasteiger partial charge in [0.05, 0.1) is 17.1 Å². The van der Waals surface area contributed by atoms with Crippen LogP contribution in [0.15, 0.2) is 47.6 Å². The maximum Gasteiger partial charge on any atom is 0.159 e. The van der Waals surface area contributed by atoms with Crippen LogP contribution < -0.4 is 0 Å². The maximum atomic E-state index is 6.35. The van der Waals surface area contributed by atoms with Gasteiger partial charge in [-0.05, 0) is 50.8 Å². The Morgan fingerprint density at radius 3 is 2.75 bits per heavy atom. The van der Waals surface area contributed by atoms with E-state index in [0.717, 1.165) is 47.1 Å². The third kappa shape index (κ3) is 3.45. The molecule has 0 amide bonds. The van der Waals surface area contributed by atoms with Crippen molar-refractivity contribution in [3.8, 4) is 5.69 Å². The standard InChI is InChI=1S/C21H23ClN6/c1-4-15(27(2)3)12-19-25-26-20-13-24-21(17-7-5-6-10-23-17)16-11-14(22)8-9-18(16)28(19)20/h5-11,15H,4,12-13H2,1-3H3. The monoisotopic (exact) mass is 394 g/mol. The smallest absolute Gasteiger partial charge is 0.159 e. The molecule has 0 fully saturated rings. The minimum atomic E-state index is 0.392. The highest BCUT2D eigenvalue weighted by molar-refractivity contribution is 6.31. The van der Waals surface area contributed by atoms with Gasteiger partial charge in [-0.15, -0.1) is 10.2 Å². The maximum absolute atomic E-state index is 6.35. The fourth-order valence-corrected chi connectivity index (χ4v) is 3.79. The lowest BCUT2D eigenvalue weighted by molar-refractivity contribution is 0.280. The van der Waals surface area contributed by atoms with Crippen molar-refractivity contribution in [3.63, 3.8) is 0 Å². The van der Waals surface area contributed by atoms with Crippen LogP contribution >= 0.6 is 11.6 Å². The van der Waals surface area contributed by atoms with E-state index in [1.165, 1.54) is 0 Å². The van der Waals surface area contributed by atoms with Gasteiger partial charge in [0.15, 0.2) is 5.82 Å². The molecule has 1 aliphatic heterocycles. The average molecular weight is 395 g/mol. The molecule has 0 bridgehead atoms. The zero-order chi connectivity index (χ0) is 19.7. The molecule has 28 heavy (non-hydrogen) atoms. The molecule has 0 saturated carbocycles. The fraction of sp³-hybridized carbons (Fsp3) is 0.333. The highest BCUT2D eigenvalue weighted by Crippen LogP contribution is 2.28. The van der Waals surface area contributed by atoms with Crippen molar-refractivity contribution in [1.82, 2.24) is 24.6 Å². The van der Waals surface area contributed by atoms with E-state index in [1.807, 2.05) is 36.4 Å². The second-order valence-corrected chi connectivity index (χ2v) is 7.58. The second-order valence-electron chi connectivity index (χ2n) is 7.14. The summed E-state index contributed by atoms with van der Waals surface area (Å²) in [4.78, 5) is 11.6. The Bertz CT molecular complexity index is 1010. The van der Waals surface area contributed by atoms with E-state index in [2.05, 4.69) is 45.7 Å². The van der Waals surface area contributed by atoms with Crippen LogP contribution in [0.2, 0.25) is 5.02 Å². The summed E-state index contributed by atoms with van der Waals surface area (Å²) in [6.45, 7) is 2.64. The second kappa shape index (κ2) is 7.81. The lowest BCUT2D eigenvalue weighted by Gasteiger charge is -2.23. The van der Waals surface area contributed by atoms with Gasteiger partial charge in [-0.25, -0.2) is 0 Å². The molecule has 144 valence electrons. The predicted octanol–water partition coefficient (Wildman–Crippen LogP) is 3.55. The Labute approximate surface area is 169 Å². The third-order valence-corrected chi connectivity index (χ3v) is 5.39. The summed E-state index contributed by atoms with van der Waals surface area (Å²) in [5.74, 6) is 1.77. The van der Waals surface area contributed by atoms with Crippen LogP contribution in [0.5, 0.6) is 0 Å². The number of nitrogens with zero attached hydrogens (tertiary/aromatic N) is 6. The molecule has 0 saturated heterocycles. The first kappa shape index (κ1) is 18.8. The summed E-state index contributed by atoms with van der Waals surface area (Å²) >= 11 is 6.35. The molecule has 7 heteroatoms. The third-order valence-electron chi connectivity index (χ3n) is 5.16. The molecular weight excluding hydrogens is 372 g/mol. The molecule has 1 atom stereocenters. The van der Waals surface area contributed by atoms with Crippen molar-refractivity contribution in [2.75, 3.05) is 14.1 Å². The zero-order valence-corrected chi connectivity index (χ0v) is 17.1. The molecule has 0 spiro atoms. The van der Waals surface area contributed by atoms with Crippen molar-refractivity contribution >= 4 is 17.3 Å². The molecule has 0 aliphatic carbocycles. The minimum absolute atomic E-state index is 0.392. The van der Waals surface area contributed by atoms with E-state index in [1.54, 1.807) is 6.20 Å². The Hall–Kier alpha value is -2.57. The van der Waals surface area contributed by atoms with E-state index < -0.39 is 0 Å². The predicted molar refractivity (Wildman–Crippen MR) is 111 cm³/mol. The number of aromatic nitrogens is 4. The first-order valence-electron chi connectivity index (χ1n) is 9.44.